The number of carbonyl (C=O) groups is 1. The molecule has 7 nitrogen and oxygen atoms in total. The summed E-state index contributed by atoms with van der Waals surface area (Å²) in [5.74, 6) is 0.800. The van der Waals surface area contributed by atoms with Gasteiger partial charge in [-0.3, -0.25) is 4.79 Å². The molecule has 1 amide bonds. The van der Waals surface area contributed by atoms with Crippen molar-refractivity contribution in [2.45, 2.75) is 22.1 Å². The number of carbonyl (C=O) groups excluding carboxylic acids is 1. The highest BCUT2D eigenvalue weighted by molar-refractivity contribution is 7.91. The quantitative estimate of drug-likeness (QED) is 0.533. The van der Waals surface area contributed by atoms with E-state index in [1.54, 1.807) is 17.5 Å². The number of rotatable bonds is 6. The van der Waals surface area contributed by atoms with E-state index in [4.69, 9.17) is 25.8 Å². The van der Waals surface area contributed by atoms with E-state index >= 15 is 0 Å². The van der Waals surface area contributed by atoms with Gasteiger partial charge in [0.15, 0.2) is 11.5 Å². The molecule has 1 unspecified atom stereocenters. The van der Waals surface area contributed by atoms with Gasteiger partial charge in [0.25, 0.3) is 0 Å². The molecule has 0 spiro atoms. The van der Waals surface area contributed by atoms with Gasteiger partial charge >= 0.3 is 0 Å². The summed E-state index contributed by atoms with van der Waals surface area (Å²) in [5.41, 5.74) is 1.00. The summed E-state index contributed by atoms with van der Waals surface area (Å²) in [6, 6.07) is 9.38. The lowest BCUT2D eigenvalue weighted by atomic mass is 9.89. The van der Waals surface area contributed by atoms with E-state index < -0.39 is 15.8 Å². The van der Waals surface area contributed by atoms with Crippen LogP contribution < -0.4 is 19.5 Å². The third-order valence-electron chi connectivity index (χ3n) is 5.28. The molecule has 3 aromatic rings. The summed E-state index contributed by atoms with van der Waals surface area (Å²) in [4.78, 5) is 13.5. The number of sulfone groups is 1. The van der Waals surface area contributed by atoms with E-state index in [1.165, 1.54) is 56.9 Å². The number of nitrogens with one attached hydrogen (secondary N) is 1. The van der Waals surface area contributed by atoms with Crippen LogP contribution in [0.5, 0.6) is 17.2 Å². The van der Waals surface area contributed by atoms with Crippen molar-refractivity contribution < 1.29 is 27.4 Å². The zero-order chi connectivity index (χ0) is 23.0. The predicted octanol–water partition coefficient (Wildman–Crippen LogP) is 4.73. The summed E-state index contributed by atoms with van der Waals surface area (Å²) < 4.78 is 42.9. The van der Waals surface area contributed by atoms with Crippen molar-refractivity contribution in [3.05, 3.63) is 57.2 Å². The number of hydrogen-bond acceptors (Lipinski definition) is 7. The maximum atomic E-state index is 13.3. The number of thiophene rings is 1. The minimum absolute atomic E-state index is 0.0531. The van der Waals surface area contributed by atoms with Crippen molar-refractivity contribution in [1.29, 1.82) is 0 Å². The fourth-order valence-corrected chi connectivity index (χ4v) is 6.74. The number of fused-ring (bicyclic) bond motifs is 1. The third-order valence-corrected chi connectivity index (χ3v) is 8.57. The Morgan fingerprint density at radius 2 is 1.62 bits per heavy atom. The van der Waals surface area contributed by atoms with Gasteiger partial charge in [0.05, 0.1) is 31.9 Å². The second kappa shape index (κ2) is 8.65. The zero-order valence-electron chi connectivity index (χ0n) is 17.5. The number of amides is 1. The predicted molar refractivity (Wildman–Crippen MR) is 122 cm³/mol. The Bertz CT molecular complexity index is 1280. The van der Waals surface area contributed by atoms with Crippen molar-refractivity contribution in [1.82, 2.24) is 0 Å². The van der Waals surface area contributed by atoms with E-state index in [2.05, 4.69) is 5.32 Å². The van der Waals surface area contributed by atoms with Crippen molar-refractivity contribution in [3.8, 4) is 17.2 Å². The van der Waals surface area contributed by atoms with Crippen LogP contribution in [-0.2, 0) is 14.6 Å². The second-order valence-corrected chi connectivity index (χ2v) is 10.3. The number of benzene rings is 2. The van der Waals surface area contributed by atoms with Gasteiger partial charge in [-0.2, -0.15) is 0 Å². The largest absolute Gasteiger partial charge is 0.496 e. The van der Waals surface area contributed by atoms with Gasteiger partial charge in [0, 0.05) is 39.2 Å². The minimum atomic E-state index is -3.86. The monoisotopic (exact) mass is 493 g/mol. The molecular weight excluding hydrogens is 474 g/mol. The molecule has 2 aromatic carbocycles. The van der Waals surface area contributed by atoms with Gasteiger partial charge in [-0.25, -0.2) is 8.42 Å². The molecule has 1 aliphatic rings. The highest BCUT2D eigenvalue weighted by Gasteiger charge is 2.36. The van der Waals surface area contributed by atoms with Gasteiger partial charge in [-0.15, -0.1) is 11.3 Å². The van der Waals surface area contributed by atoms with Gasteiger partial charge in [-0.05, 0) is 30.3 Å². The van der Waals surface area contributed by atoms with Crippen molar-refractivity contribution in [2.24, 2.45) is 0 Å². The highest BCUT2D eigenvalue weighted by atomic mass is 35.5. The fraction of sp³-hybridized carbons (Fsp3) is 0.227. The Morgan fingerprint density at radius 3 is 2.25 bits per heavy atom. The highest BCUT2D eigenvalue weighted by Crippen LogP contribution is 2.49. The Hall–Kier alpha value is -2.75. The molecule has 10 heteroatoms. The van der Waals surface area contributed by atoms with Crippen molar-refractivity contribution >= 4 is 44.4 Å². The number of anilines is 1. The first-order chi connectivity index (χ1) is 15.3. The molecule has 0 fully saturated rings. The van der Waals surface area contributed by atoms with E-state index in [1.807, 2.05) is 0 Å². The molecule has 1 aromatic heterocycles. The van der Waals surface area contributed by atoms with E-state index in [0.29, 0.717) is 33.5 Å². The number of hydrogen-bond donors (Lipinski definition) is 1. The van der Waals surface area contributed by atoms with Crippen LogP contribution in [0.4, 0.5) is 5.69 Å². The normalized spacial score (nSPS) is 15.6. The molecular formula is C22H20ClNO6S2. The SMILES string of the molecule is COc1cc(OC)c(C2CC(=O)Nc3c(S(=O)(=O)c4ccc(Cl)cc4)csc32)cc1OC. The van der Waals surface area contributed by atoms with E-state index in [0.717, 1.165) is 4.88 Å². The van der Waals surface area contributed by atoms with Crippen molar-refractivity contribution in [3.63, 3.8) is 0 Å². The molecule has 0 bridgehead atoms. The van der Waals surface area contributed by atoms with Crippen LogP contribution >= 0.6 is 22.9 Å². The molecule has 1 atom stereocenters. The van der Waals surface area contributed by atoms with Crippen LogP contribution in [0.3, 0.4) is 0 Å². The summed E-state index contributed by atoms with van der Waals surface area (Å²) >= 11 is 7.18. The molecule has 0 saturated carbocycles. The third kappa shape index (κ3) is 3.80. The molecule has 4 rings (SSSR count). The maximum absolute atomic E-state index is 13.3. The van der Waals surface area contributed by atoms with Crippen molar-refractivity contribution in [2.75, 3.05) is 26.6 Å². The van der Waals surface area contributed by atoms with Crippen LogP contribution in [0, 0.1) is 0 Å². The number of ether oxygens (including phenoxy) is 3. The first kappa shape index (κ1) is 22.4. The fourth-order valence-electron chi connectivity index (χ4n) is 3.72. The van der Waals surface area contributed by atoms with Crippen LogP contribution in [0.2, 0.25) is 5.02 Å². The minimum Gasteiger partial charge on any atom is -0.496 e. The molecule has 0 saturated heterocycles. The standard InChI is InChI=1S/C22H20ClNO6S2/c1-28-16-10-18(30-3)17(29-2)8-14(16)15-9-20(25)24-21-19(11-31-22(15)21)32(26,27)13-6-4-12(23)5-7-13/h4-8,10-11,15H,9H2,1-3H3,(H,24,25). The van der Waals surface area contributed by atoms with Crippen LogP contribution in [0.25, 0.3) is 0 Å². The first-order valence-corrected chi connectivity index (χ1v) is 12.3. The lowest BCUT2D eigenvalue weighted by Gasteiger charge is -2.26. The average Bonchev–Trinajstić information content (AvgIpc) is 3.22. The summed E-state index contributed by atoms with van der Waals surface area (Å²) in [7, 11) is 0.713. The smallest absolute Gasteiger partial charge is 0.225 e. The lowest BCUT2D eigenvalue weighted by molar-refractivity contribution is -0.116. The van der Waals surface area contributed by atoms with E-state index in [9.17, 15) is 13.2 Å². The molecule has 0 radical (unpaired) electrons. The van der Waals surface area contributed by atoms with Crippen LogP contribution in [0.15, 0.2) is 51.6 Å². The maximum Gasteiger partial charge on any atom is 0.225 e. The van der Waals surface area contributed by atoms with Gasteiger partial charge < -0.3 is 19.5 Å². The molecule has 2 heterocycles. The molecule has 32 heavy (non-hydrogen) atoms. The second-order valence-electron chi connectivity index (χ2n) is 7.05. The van der Waals surface area contributed by atoms with Gasteiger partial charge in [0.1, 0.15) is 10.6 Å². The molecule has 1 N–H and O–H groups in total. The Labute approximate surface area is 194 Å². The Kier molecular flexibility index (Phi) is 6.07. The first-order valence-electron chi connectivity index (χ1n) is 9.52. The lowest BCUT2D eigenvalue weighted by Crippen LogP contribution is -2.23. The van der Waals surface area contributed by atoms with Crippen LogP contribution in [0.1, 0.15) is 22.8 Å². The topological polar surface area (TPSA) is 90.9 Å². The Morgan fingerprint density at radius 1 is 1.00 bits per heavy atom. The van der Waals surface area contributed by atoms with Crippen LogP contribution in [-0.4, -0.2) is 35.7 Å². The number of methoxy groups -OCH3 is 3. The summed E-state index contributed by atoms with van der Waals surface area (Å²) in [6.07, 6.45) is 0.139. The average molecular weight is 494 g/mol. The van der Waals surface area contributed by atoms with E-state index in [-0.39, 0.29) is 22.1 Å². The molecule has 0 aliphatic carbocycles. The summed E-state index contributed by atoms with van der Waals surface area (Å²) in [5, 5.41) is 4.74. The Balaban J connectivity index is 1.86. The molecule has 168 valence electrons. The van der Waals surface area contributed by atoms with Gasteiger partial charge in [0.2, 0.25) is 15.7 Å². The molecule has 1 aliphatic heterocycles. The summed E-state index contributed by atoms with van der Waals surface area (Å²) in [6.45, 7) is 0. The zero-order valence-corrected chi connectivity index (χ0v) is 19.9. The van der Waals surface area contributed by atoms with Gasteiger partial charge in [-0.1, -0.05) is 11.6 Å². The number of halogens is 1.